The Balaban J connectivity index is 2.98. The standard InChI is InChI=1S/C8H10N2O3/c1-13-5-6-2-3-8(10(11)12)7(9)4-6/h2-4H,5,9H2,1H3. The minimum atomic E-state index is -0.508. The van der Waals surface area contributed by atoms with Crippen molar-refractivity contribution in [2.75, 3.05) is 12.8 Å². The van der Waals surface area contributed by atoms with Gasteiger partial charge in [0.1, 0.15) is 5.69 Å². The van der Waals surface area contributed by atoms with Gasteiger partial charge in [-0.05, 0) is 17.7 Å². The van der Waals surface area contributed by atoms with Gasteiger partial charge in [0.05, 0.1) is 11.5 Å². The molecule has 0 atom stereocenters. The van der Waals surface area contributed by atoms with Crippen LogP contribution in [-0.2, 0) is 11.3 Å². The van der Waals surface area contributed by atoms with Crippen LogP contribution in [0.2, 0.25) is 0 Å². The first-order valence-corrected chi connectivity index (χ1v) is 3.67. The monoisotopic (exact) mass is 182 g/mol. The molecule has 0 aliphatic heterocycles. The molecule has 13 heavy (non-hydrogen) atoms. The van der Waals surface area contributed by atoms with Crippen LogP contribution in [0, 0.1) is 10.1 Å². The summed E-state index contributed by atoms with van der Waals surface area (Å²) in [4.78, 5) is 9.88. The van der Waals surface area contributed by atoms with E-state index in [0.717, 1.165) is 5.56 Å². The molecule has 0 amide bonds. The number of ether oxygens (including phenoxy) is 1. The van der Waals surface area contributed by atoms with E-state index in [4.69, 9.17) is 10.5 Å². The molecule has 0 radical (unpaired) electrons. The lowest BCUT2D eigenvalue weighted by Gasteiger charge is -2.01. The van der Waals surface area contributed by atoms with Crippen LogP contribution in [0.1, 0.15) is 5.56 Å². The van der Waals surface area contributed by atoms with Gasteiger partial charge in [0.25, 0.3) is 5.69 Å². The van der Waals surface area contributed by atoms with Gasteiger partial charge in [0, 0.05) is 13.2 Å². The number of nitro groups is 1. The van der Waals surface area contributed by atoms with Crippen molar-refractivity contribution in [2.45, 2.75) is 6.61 Å². The first-order chi connectivity index (χ1) is 6.15. The molecule has 1 rings (SSSR count). The van der Waals surface area contributed by atoms with E-state index >= 15 is 0 Å². The molecule has 0 spiro atoms. The van der Waals surface area contributed by atoms with E-state index < -0.39 is 4.92 Å². The van der Waals surface area contributed by atoms with E-state index in [1.807, 2.05) is 0 Å². The summed E-state index contributed by atoms with van der Waals surface area (Å²) in [5.41, 5.74) is 6.38. The SMILES string of the molecule is COCc1ccc([N+](=O)[O-])c(N)c1. The van der Waals surface area contributed by atoms with Gasteiger partial charge >= 0.3 is 0 Å². The Hall–Kier alpha value is -1.62. The first kappa shape index (κ1) is 9.47. The van der Waals surface area contributed by atoms with Crippen molar-refractivity contribution < 1.29 is 9.66 Å². The normalized spacial score (nSPS) is 9.92. The second kappa shape index (κ2) is 3.86. The number of anilines is 1. The maximum atomic E-state index is 10.4. The second-order valence-corrected chi connectivity index (χ2v) is 2.58. The number of nitrogens with zero attached hydrogens (tertiary/aromatic N) is 1. The third kappa shape index (κ3) is 2.16. The second-order valence-electron chi connectivity index (χ2n) is 2.58. The van der Waals surface area contributed by atoms with Gasteiger partial charge in [-0.2, -0.15) is 0 Å². The maximum Gasteiger partial charge on any atom is 0.292 e. The fourth-order valence-electron chi connectivity index (χ4n) is 1.03. The summed E-state index contributed by atoms with van der Waals surface area (Å²) in [6, 6.07) is 4.54. The number of benzene rings is 1. The van der Waals surface area contributed by atoms with Gasteiger partial charge in [-0.1, -0.05) is 0 Å². The van der Waals surface area contributed by atoms with Gasteiger partial charge in [0.2, 0.25) is 0 Å². The van der Waals surface area contributed by atoms with Gasteiger partial charge in [-0.15, -0.1) is 0 Å². The highest BCUT2D eigenvalue weighted by Crippen LogP contribution is 2.22. The summed E-state index contributed by atoms with van der Waals surface area (Å²) >= 11 is 0. The Morgan fingerprint density at radius 2 is 2.31 bits per heavy atom. The van der Waals surface area contributed by atoms with Gasteiger partial charge in [-0.3, -0.25) is 10.1 Å². The van der Waals surface area contributed by atoms with Gasteiger partial charge in [0.15, 0.2) is 0 Å². The van der Waals surface area contributed by atoms with Crippen LogP contribution in [-0.4, -0.2) is 12.0 Å². The van der Waals surface area contributed by atoms with Crippen LogP contribution in [0.5, 0.6) is 0 Å². The fraction of sp³-hybridized carbons (Fsp3) is 0.250. The zero-order chi connectivity index (χ0) is 9.84. The van der Waals surface area contributed by atoms with Crippen molar-refractivity contribution in [2.24, 2.45) is 0 Å². The van der Waals surface area contributed by atoms with E-state index in [1.54, 1.807) is 19.2 Å². The third-order valence-electron chi connectivity index (χ3n) is 1.60. The fourth-order valence-corrected chi connectivity index (χ4v) is 1.03. The van der Waals surface area contributed by atoms with Crippen molar-refractivity contribution >= 4 is 11.4 Å². The number of rotatable bonds is 3. The largest absolute Gasteiger partial charge is 0.393 e. The Labute approximate surface area is 75.3 Å². The highest BCUT2D eigenvalue weighted by Gasteiger charge is 2.10. The molecule has 5 nitrogen and oxygen atoms in total. The molecular formula is C8H10N2O3. The summed E-state index contributed by atoms with van der Waals surface area (Å²) in [7, 11) is 1.55. The molecular weight excluding hydrogens is 172 g/mol. The molecule has 1 aromatic carbocycles. The highest BCUT2D eigenvalue weighted by atomic mass is 16.6. The Kier molecular flexibility index (Phi) is 2.81. The minimum absolute atomic E-state index is 0.0696. The summed E-state index contributed by atoms with van der Waals surface area (Å²) in [5, 5.41) is 10.4. The zero-order valence-electron chi connectivity index (χ0n) is 7.19. The number of methoxy groups -OCH3 is 1. The quantitative estimate of drug-likeness (QED) is 0.434. The van der Waals surface area contributed by atoms with E-state index in [0.29, 0.717) is 6.61 Å². The Morgan fingerprint density at radius 3 is 2.77 bits per heavy atom. The van der Waals surface area contributed by atoms with Crippen molar-refractivity contribution in [3.63, 3.8) is 0 Å². The van der Waals surface area contributed by atoms with Crippen LogP contribution < -0.4 is 5.73 Å². The highest BCUT2D eigenvalue weighted by molar-refractivity contribution is 5.59. The summed E-state index contributed by atoms with van der Waals surface area (Å²) in [6.45, 7) is 0.405. The first-order valence-electron chi connectivity index (χ1n) is 3.67. The Bertz CT molecular complexity index is 325. The van der Waals surface area contributed by atoms with Crippen LogP contribution in [0.15, 0.2) is 18.2 Å². The average molecular weight is 182 g/mol. The molecule has 0 aliphatic carbocycles. The third-order valence-corrected chi connectivity index (χ3v) is 1.60. The molecule has 0 saturated heterocycles. The van der Waals surface area contributed by atoms with Crippen LogP contribution in [0.25, 0.3) is 0 Å². The number of nitrogens with two attached hydrogens (primary N) is 1. The zero-order valence-corrected chi connectivity index (χ0v) is 7.19. The maximum absolute atomic E-state index is 10.4. The topological polar surface area (TPSA) is 78.4 Å². The van der Waals surface area contributed by atoms with E-state index in [9.17, 15) is 10.1 Å². The summed E-state index contributed by atoms with van der Waals surface area (Å²) < 4.78 is 4.86. The minimum Gasteiger partial charge on any atom is -0.393 e. The van der Waals surface area contributed by atoms with Crippen LogP contribution in [0.4, 0.5) is 11.4 Å². The van der Waals surface area contributed by atoms with E-state index in [2.05, 4.69) is 0 Å². The predicted molar refractivity (Wildman–Crippen MR) is 48.2 cm³/mol. The average Bonchev–Trinajstić information content (AvgIpc) is 2.04. The molecule has 0 aromatic heterocycles. The van der Waals surface area contributed by atoms with Crippen molar-refractivity contribution in [1.29, 1.82) is 0 Å². The molecule has 70 valence electrons. The van der Waals surface area contributed by atoms with Gasteiger partial charge in [-0.25, -0.2) is 0 Å². The molecule has 0 saturated carbocycles. The number of nitro benzene ring substituents is 1. The molecule has 0 unspecified atom stereocenters. The number of hydrogen-bond donors (Lipinski definition) is 1. The van der Waals surface area contributed by atoms with Crippen LogP contribution in [0.3, 0.4) is 0 Å². The van der Waals surface area contributed by atoms with Gasteiger partial charge < -0.3 is 10.5 Å². The lowest BCUT2D eigenvalue weighted by atomic mass is 10.2. The molecule has 0 bridgehead atoms. The van der Waals surface area contributed by atoms with Crippen LogP contribution >= 0.6 is 0 Å². The number of nitrogen functional groups attached to an aromatic ring is 1. The molecule has 5 heteroatoms. The predicted octanol–water partition coefficient (Wildman–Crippen LogP) is 1.32. The molecule has 2 N–H and O–H groups in total. The Morgan fingerprint density at radius 1 is 1.62 bits per heavy atom. The lowest BCUT2D eigenvalue weighted by molar-refractivity contribution is -0.383. The van der Waals surface area contributed by atoms with Crippen molar-refractivity contribution in [1.82, 2.24) is 0 Å². The molecule has 0 heterocycles. The summed E-state index contributed by atoms with van der Waals surface area (Å²) in [5.74, 6) is 0. The molecule has 0 aliphatic rings. The van der Waals surface area contributed by atoms with E-state index in [-0.39, 0.29) is 11.4 Å². The smallest absolute Gasteiger partial charge is 0.292 e. The molecule has 0 fully saturated rings. The van der Waals surface area contributed by atoms with Crippen molar-refractivity contribution in [3.05, 3.63) is 33.9 Å². The summed E-state index contributed by atoms with van der Waals surface area (Å²) in [6.07, 6.45) is 0. The molecule has 1 aromatic rings. The van der Waals surface area contributed by atoms with E-state index in [1.165, 1.54) is 6.07 Å². The number of hydrogen-bond acceptors (Lipinski definition) is 4. The van der Waals surface area contributed by atoms with Crippen molar-refractivity contribution in [3.8, 4) is 0 Å². The lowest BCUT2D eigenvalue weighted by Crippen LogP contribution is -1.97.